The second kappa shape index (κ2) is 10.9. The van der Waals surface area contributed by atoms with E-state index in [9.17, 15) is 26.4 Å². The molecule has 0 aliphatic heterocycles. The van der Waals surface area contributed by atoms with Crippen LogP contribution in [0.1, 0.15) is 5.56 Å². The second-order valence-electron chi connectivity index (χ2n) is 7.50. The minimum absolute atomic E-state index is 0.208. The molecule has 186 valence electrons. The highest BCUT2D eigenvalue weighted by atomic mass is 32.2. The number of nitrogens with one attached hydrogen (secondary N) is 2. The van der Waals surface area contributed by atoms with Gasteiger partial charge < -0.3 is 4.74 Å². The topological polar surface area (TPSA) is 93.7 Å². The summed E-state index contributed by atoms with van der Waals surface area (Å²) in [6.45, 7) is -0.208. The van der Waals surface area contributed by atoms with E-state index in [4.69, 9.17) is 9.57 Å². The van der Waals surface area contributed by atoms with Crippen LogP contribution in [0, 0.1) is 0 Å². The number of amides is 1. The van der Waals surface area contributed by atoms with E-state index in [2.05, 4.69) is 0 Å². The summed E-state index contributed by atoms with van der Waals surface area (Å²) in [6.07, 6.45) is -5.26. The lowest BCUT2D eigenvalue weighted by molar-refractivity contribution is -0.200. The van der Waals surface area contributed by atoms with Gasteiger partial charge in [0.25, 0.3) is 5.91 Å². The van der Waals surface area contributed by atoms with Gasteiger partial charge >= 0.3 is 6.18 Å². The van der Waals surface area contributed by atoms with Crippen molar-refractivity contribution in [3.8, 4) is 11.5 Å². The molecule has 0 aliphatic carbocycles. The minimum atomic E-state index is -5.26. The zero-order valence-electron chi connectivity index (χ0n) is 18.6. The Hall–Kier alpha value is -3.41. The third kappa shape index (κ3) is 6.38. The van der Waals surface area contributed by atoms with Crippen molar-refractivity contribution in [3.05, 3.63) is 90.5 Å². The Kier molecular flexibility index (Phi) is 8.15. The maximum atomic E-state index is 14.1. The van der Waals surface area contributed by atoms with Crippen LogP contribution in [0.3, 0.4) is 0 Å². The molecule has 11 heteroatoms. The first-order chi connectivity index (χ1) is 16.6. The molecule has 0 saturated heterocycles. The van der Waals surface area contributed by atoms with Gasteiger partial charge in [-0.2, -0.15) is 13.2 Å². The lowest BCUT2D eigenvalue weighted by Gasteiger charge is -2.33. The molecule has 2 N–H and O–H groups in total. The number of benzene rings is 3. The van der Waals surface area contributed by atoms with Crippen LogP contribution in [0.4, 0.5) is 13.2 Å². The fourth-order valence-electron chi connectivity index (χ4n) is 3.16. The SMILES string of the molecule is CNC(CS(=O)(=O)c1ccc(Oc2ccccc2)cc1)(C(=O)NOCc1ccccc1)C(F)(F)F. The first-order valence-electron chi connectivity index (χ1n) is 10.3. The van der Waals surface area contributed by atoms with Crippen molar-refractivity contribution >= 4 is 15.7 Å². The second-order valence-corrected chi connectivity index (χ2v) is 9.49. The highest BCUT2D eigenvalue weighted by Gasteiger charge is 2.62. The molecule has 7 nitrogen and oxygen atoms in total. The number of likely N-dealkylation sites (N-methyl/N-ethyl adjacent to an activating group) is 1. The summed E-state index contributed by atoms with van der Waals surface area (Å²) in [5, 5.41) is 1.85. The van der Waals surface area contributed by atoms with Crippen LogP contribution in [-0.2, 0) is 26.1 Å². The largest absolute Gasteiger partial charge is 0.457 e. The number of hydrogen-bond donors (Lipinski definition) is 2. The fraction of sp³-hybridized carbons (Fsp3) is 0.208. The lowest BCUT2D eigenvalue weighted by atomic mass is 10.0. The molecule has 1 unspecified atom stereocenters. The molecule has 0 spiro atoms. The van der Waals surface area contributed by atoms with Crippen molar-refractivity contribution in [2.45, 2.75) is 23.2 Å². The molecule has 1 atom stereocenters. The van der Waals surface area contributed by atoms with Crippen molar-refractivity contribution in [1.29, 1.82) is 0 Å². The molecule has 0 radical (unpaired) electrons. The molecule has 0 saturated carbocycles. The molecular weight excluding hydrogens is 485 g/mol. The first-order valence-corrected chi connectivity index (χ1v) is 12.0. The molecule has 3 aromatic carbocycles. The number of sulfone groups is 1. The fourth-order valence-corrected chi connectivity index (χ4v) is 4.88. The molecular formula is C24H23F3N2O5S. The normalized spacial score (nSPS) is 13.6. The number of carbonyl (C=O) groups excluding carboxylic acids is 1. The lowest BCUT2D eigenvalue weighted by Crippen LogP contribution is -2.68. The van der Waals surface area contributed by atoms with Crippen LogP contribution >= 0.6 is 0 Å². The third-order valence-electron chi connectivity index (χ3n) is 5.11. The van der Waals surface area contributed by atoms with Gasteiger partial charge in [0.15, 0.2) is 9.84 Å². The van der Waals surface area contributed by atoms with Crippen LogP contribution in [0.2, 0.25) is 0 Å². The number of rotatable bonds is 10. The summed E-state index contributed by atoms with van der Waals surface area (Å²) in [4.78, 5) is 17.1. The van der Waals surface area contributed by atoms with Crippen LogP contribution in [0.15, 0.2) is 89.8 Å². The van der Waals surface area contributed by atoms with Crippen molar-refractivity contribution < 1.29 is 36.0 Å². The Balaban J connectivity index is 1.77. The number of para-hydroxylation sites is 1. The van der Waals surface area contributed by atoms with E-state index in [1.165, 1.54) is 12.1 Å². The Morgan fingerprint density at radius 1 is 0.857 bits per heavy atom. The summed E-state index contributed by atoms with van der Waals surface area (Å²) in [5.41, 5.74) is -1.12. The van der Waals surface area contributed by atoms with Gasteiger partial charge in [0.1, 0.15) is 11.5 Å². The highest BCUT2D eigenvalue weighted by molar-refractivity contribution is 7.91. The molecule has 0 aliphatic rings. The van der Waals surface area contributed by atoms with Crippen LogP contribution in [0.25, 0.3) is 0 Å². The quantitative estimate of drug-likeness (QED) is 0.402. The standard InChI is InChI=1S/C24H23F3N2O5S/c1-28-23(24(25,26)27,22(30)29-33-16-18-8-4-2-5-9-18)17-35(31,32)21-14-12-20(13-15-21)34-19-10-6-3-7-11-19/h2-15,28H,16-17H2,1H3,(H,29,30). The molecule has 0 heterocycles. The number of hydrogen-bond acceptors (Lipinski definition) is 6. The predicted molar refractivity (Wildman–Crippen MR) is 122 cm³/mol. The average Bonchev–Trinajstić information content (AvgIpc) is 2.83. The van der Waals surface area contributed by atoms with E-state index in [0.29, 0.717) is 11.3 Å². The summed E-state index contributed by atoms with van der Waals surface area (Å²) in [6, 6.07) is 22.0. The first kappa shape index (κ1) is 26.2. The van der Waals surface area contributed by atoms with E-state index in [-0.39, 0.29) is 12.4 Å². The summed E-state index contributed by atoms with van der Waals surface area (Å²) < 4.78 is 73.6. The van der Waals surface area contributed by atoms with Crippen molar-refractivity contribution in [2.24, 2.45) is 0 Å². The van der Waals surface area contributed by atoms with Crippen molar-refractivity contribution in [1.82, 2.24) is 10.8 Å². The number of hydroxylamine groups is 1. The Morgan fingerprint density at radius 2 is 1.40 bits per heavy atom. The smallest absolute Gasteiger partial charge is 0.416 e. The monoisotopic (exact) mass is 508 g/mol. The minimum Gasteiger partial charge on any atom is -0.457 e. The molecule has 3 rings (SSSR count). The number of halogens is 3. The Morgan fingerprint density at radius 3 is 1.94 bits per heavy atom. The Labute approximate surface area is 200 Å². The molecule has 0 fully saturated rings. The molecule has 1 amide bonds. The van der Waals surface area contributed by atoms with E-state index < -0.39 is 38.1 Å². The van der Waals surface area contributed by atoms with Gasteiger partial charge in [0, 0.05) is 0 Å². The van der Waals surface area contributed by atoms with Crippen LogP contribution in [0.5, 0.6) is 11.5 Å². The van der Waals surface area contributed by atoms with E-state index in [1.54, 1.807) is 66.1 Å². The average molecular weight is 509 g/mol. The van der Waals surface area contributed by atoms with E-state index in [1.807, 2.05) is 5.32 Å². The summed E-state index contributed by atoms with van der Waals surface area (Å²) in [5.74, 6) is -2.48. The van der Waals surface area contributed by atoms with Gasteiger partial charge in [0.2, 0.25) is 5.54 Å². The van der Waals surface area contributed by atoms with Gasteiger partial charge in [-0.25, -0.2) is 13.9 Å². The van der Waals surface area contributed by atoms with Gasteiger partial charge in [-0.1, -0.05) is 48.5 Å². The Bertz CT molecular complexity index is 1220. The maximum absolute atomic E-state index is 14.1. The van der Waals surface area contributed by atoms with Gasteiger partial charge in [-0.15, -0.1) is 0 Å². The number of alkyl halides is 3. The number of carbonyl (C=O) groups is 1. The molecule has 0 aromatic heterocycles. The van der Waals surface area contributed by atoms with Crippen molar-refractivity contribution in [2.75, 3.05) is 12.8 Å². The highest BCUT2D eigenvalue weighted by Crippen LogP contribution is 2.34. The molecule has 35 heavy (non-hydrogen) atoms. The molecule has 3 aromatic rings. The van der Waals surface area contributed by atoms with Crippen LogP contribution < -0.4 is 15.5 Å². The maximum Gasteiger partial charge on any atom is 0.416 e. The van der Waals surface area contributed by atoms with Gasteiger partial charge in [0.05, 0.1) is 17.3 Å². The van der Waals surface area contributed by atoms with Crippen LogP contribution in [-0.4, -0.2) is 38.8 Å². The third-order valence-corrected chi connectivity index (χ3v) is 6.92. The van der Waals surface area contributed by atoms with Gasteiger partial charge in [-0.05, 0) is 49.0 Å². The zero-order valence-corrected chi connectivity index (χ0v) is 19.4. The zero-order chi connectivity index (χ0) is 25.5. The van der Waals surface area contributed by atoms with E-state index in [0.717, 1.165) is 19.2 Å². The predicted octanol–water partition coefficient (Wildman–Crippen LogP) is 4.02. The summed E-state index contributed by atoms with van der Waals surface area (Å²) in [7, 11) is -3.72. The van der Waals surface area contributed by atoms with Crippen molar-refractivity contribution in [3.63, 3.8) is 0 Å². The number of ether oxygens (including phenoxy) is 1. The van der Waals surface area contributed by atoms with E-state index >= 15 is 0 Å². The van der Waals surface area contributed by atoms with Gasteiger partial charge in [-0.3, -0.25) is 14.9 Å². The molecule has 0 bridgehead atoms. The summed E-state index contributed by atoms with van der Waals surface area (Å²) >= 11 is 0.